The summed E-state index contributed by atoms with van der Waals surface area (Å²) in [4.78, 5) is -0.0666. The molecule has 0 unspecified atom stereocenters. The molecule has 5 heteroatoms. The van der Waals surface area contributed by atoms with Gasteiger partial charge in [0.1, 0.15) is 0 Å². The molecule has 0 aliphatic rings. The van der Waals surface area contributed by atoms with E-state index in [0.717, 1.165) is 10.0 Å². The highest BCUT2D eigenvalue weighted by Crippen LogP contribution is 2.08. The van der Waals surface area contributed by atoms with Gasteiger partial charge in [-0.05, 0) is 19.1 Å². The Balaban J connectivity index is 0.000000385. The molecule has 0 amide bonds. The highest BCUT2D eigenvalue weighted by atomic mass is 32.2. The van der Waals surface area contributed by atoms with Crippen molar-refractivity contribution in [2.45, 2.75) is 11.8 Å². The summed E-state index contributed by atoms with van der Waals surface area (Å²) in [6.07, 6.45) is 0. The van der Waals surface area contributed by atoms with E-state index in [9.17, 15) is 8.42 Å². The first-order chi connectivity index (χ1) is 7.00. The molecule has 0 saturated heterocycles. The summed E-state index contributed by atoms with van der Waals surface area (Å²) >= 11 is 0. The standard InChI is InChI=1S/C7H8O3S.C4H12N/c1-6-2-4-7(5-3-6)11(8,9)10;1-5(2,3)4/h2-5H,1H3,(H,8,9,10);1-4H3/q;+1. The van der Waals surface area contributed by atoms with Crippen molar-refractivity contribution in [3.8, 4) is 0 Å². The monoisotopic (exact) mass is 246 g/mol. The van der Waals surface area contributed by atoms with Gasteiger partial charge in [-0.15, -0.1) is 0 Å². The normalized spacial score (nSPS) is 11.6. The smallest absolute Gasteiger partial charge is 0.294 e. The van der Waals surface area contributed by atoms with Crippen molar-refractivity contribution in [3.63, 3.8) is 0 Å². The zero-order chi connectivity index (χ0) is 13.0. The van der Waals surface area contributed by atoms with Gasteiger partial charge in [0.25, 0.3) is 10.1 Å². The van der Waals surface area contributed by atoms with E-state index in [4.69, 9.17) is 4.55 Å². The summed E-state index contributed by atoms with van der Waals surface area (Å²) in [5, 5.41) is 0. The van der Waals surface area contributed by atoms with Crippen LogP contribution in [0.3, 0.4) is 0 Å². The van der Waals surface area contributed by atoms with Crippen LogP contribution >= 0.6 is 0 Å². The second kappa shape index (κ2) is 5.43. The molecule has 0 saturated carbocycles. The molecule has 1 N–H and O–H groups in total. The molecule has 0 atom stereocenters. The van der Waals surface area contributed by atoms with Gasteiger partial charge in [0.2, 0.25) is 0 Å². The van der Waals surface area contributed by atoms with E-state index in [0.29, 0.717) is 0 Å². The van der Waals surface area contributed by atoms with Crippen LogP contribution in [0, 0.1) is 6.92 Å². The van der Waals surface area contributed by atoms with Gasteiger partial charge in [-0.1, -0.05) is 17.7 Å². The number of nitrogens with zero attached hydrogens (tertiary/aromatic N) is 1. The largest absolute Gasteiger partial charge is 0.333 e. The van der Waals surface area contributed by atoms with E-state index < -0.39 is 10.1 Å². The van der Waals surface area contributed by atoms with Crippen LogP contribution in [0.4, 0.5) is 0 Å². The minimum atomic E-state index is -4.02. The molecule has 92 valence electrons. The molecule has 0 aromatic heterocycles. The maximum atomic E-state index is 10.5. The quantitative estimate of drug-likeness (QED) is 0.604. The van der Waals surface area contributed by atoms with E-state index >= 15 is 0 Å². The molecular weight excluding hydrogens is 226 g/mol. The van der Waals surface area contributed by atoms with Crippen LogP contribution in [0.15, 0.2) is 29.2 Å². The Hall–Kier alpha value is -0.910. The van der Waals surface area contributed by atoms with Crippen LogP contribution < -0.4 is 0 Å². The van der Waals surface area contributed by atoms with Crippen LogP contribution in [-0.4, -0.2) is 45.6 Å². The van der Waals surface area contributed by atoms with Crippen LogP contribution in [-0.2, 0) is 10.1 Å². The molecular formula is C11H20NO3S+. The molecule has 16 heavy (non-hydrogen) atoms. The highest BCUT2D eigenvalue weighted by Gasteiger charge is 2.06. The van der Waals surface area contributed by atoms with E-state index in [1.165, 1.54) is 12.1 Å². The lowest BCUT2D eigenvalue weighted by Crippen LogP contribution is -2.27. The summed E-state index contributed by atoms with van der Waals surface area (Å²) in [7, 11) is 4.48. The molecule has 1 aromatic rings. The Labute approximate surface area is 97.9 Å². The molecule has 0 heterocycles. The lowest BCUT2D eigenvalue weighted by molar-refractivity contribution is -0.849. The molecule has 4 nitrogen and oxygen atoms in total. The lowest BCUT2D eigenvalue weighted by atomic mass is 10.2. The van der Waals surface area contributed by atoms with Crippen molar-refractivity contribution >= 4 is 10.1 Å². The molecule has 0 bridgehead atoms. The second-order valence-corrected chi connectivity index (χ2v) is 6.39. The summed E-state index contributed by atoms with van der Waals surface area (Å²) in [6, 6.07) is 5.99. The molecule has 0 spiro atoms. The summed E-state index contributed by atoms with van der Waals surface area (Å²) in [6.45, 7) is 1.84. The number of benzene rings is 1. The fraction of sp³-hybridized carbons (Fsp3) is 0.455. The van der Waals surface area contributed by atoms with Crippen molar-refractivity contribution in [2.75, 3.05) is 28.2 Å². The summed E-state index contributed by atoms with van der Waals surface area (Å²) in [5.74, 6) is 0. The summed E-state index contributed by atoms with van der Waals surface area (Å²) < 4.78 is 30.6. The van der Waals surface area contributed by atoms with Crippen molar-refractivity contribution < 1.29 is 17.5 Å². The van der Waals surface area contributed by atoms with E-state index in [2.05, 4.69) is 28.2 Å². The lowest BCUT2D eigenvalue weighted by Gasteiger charge is -2.14. The van der Waals surface area contributed by atoms with Gasteiger partial charge in [0, 0.05) is 0 Å². The Morgan fingerprint density at radius 1 is 1.00 bits per heavy atom. The number of rotatable bonds is 1. The Kier molecular flexibility index (Phi) is 5.12. The number of hydrogen-bond donors (Lipinski definition) is 1. The minimum Gasteiger partial charge on any atom is -0.333 e. The van der Waals surface area contributed by atoms with Crippen molar-refractivity contribution in [2.24, 2.45) is 0 Å². The molecule has 0 aliphatic carbocycles. The average Bonchev–Trinajstić information content (AvgIpc) is 1.99. The minimum absolute atomic E-state index is 0.0666. The predicted octanol–water partition coefficient (Wildman–Crippen LogP) is 1.56. The van der Waals surface area contributed by atoms with Gasteiger partial charge in [0.05, 0.1) is 33.1 Å². The molecule has 0 radical (unpaired) electrons. The molecule has 0 aliphatic heterocycles. The first-order valence-electron chi connectivity index (χ1n) is 4.83. The van der Waals surface area contributed by atoms with Gasteiger partial charge < -0.3 is 4.48 Å². The first kappa shape index (κ1) is 15.1. The third-order valence-electron chi connectivity index (χ3n) is 1.32. The summed E-state index contributed by atoms with van der Waals surface area (Å²) in [5.41, 5.74) is 0.956. The zero-order valence-corrected chi connectivity index (χ0v) is 11.2. The molecule has 1 aromatic carbocycles. The van der Waals surface area contributed by atoms with Crippen molar-refractivity contribution in [1.29, 1.82) is 0 Å². The highest BCUT2D eigenvalue weighted by molar-refractivity contribution is 7.85. The van der Waals surface area contributed by atoms with Gasteiger partial charge in [-0.2, -0.15) is 8.42 Å². The SMILES string of the molecule is C[N+](C)(C)C.Cc1ccc(S(=O)(=O)O)cc1. The van der Waals surface area contributed by atoms with E-state index in [1.54, 1.807) is 12.1 Å². The van der Waals surface area contributed by atoms with Gasteiger partial charge in [0.15, 0.2) is 0 Å². The third kappa shape index (κ3) is 8.40. The van der Waals surface area contributed by atoms with E-state index in [-0.39, 0.29) is 4.90 Å². The van der Waals surface area contributed by atoms with Gasteiger partial charge in [-0.3, -0.25) is 4.55 Å². The maximum absolute atomic E-state index is 10.5. The Bertz CT molecular complexity index is 410. The van der Waals surface area contributed by atoms with Crippen molar-refractivity contribution in [1.82, 2.24) is 0 Å². The molecule has 1 rings (SSSR count). The van der Waals surface area contributed by atoms with Gasteiger partial charge in [-0.25, -0.2) is 0 Å². The maximum Gasteiger partial charge on any atom is 0.294 e. The van der Waals surface area contributed by atoms with E-state index in [1.807, 2.05) is 6.92 Å². The topological polar surface area (TPSA) is 54.4 Å². The molecule has 0 fully saturated rings. The Morgan fingerprint density at radius 3 is 1.56 bits per heavy atom. The number of quaternary nitrogens is 1. The van der Waals surface area contributed by atoms with Crippen molar-refractivity contribution in [3.05, 3.63) is 29.8 Å². The number of aryl methyl sites for hydroxylation is 1. The van der Waals surface area contributed by atoms with Crippen LogP contribution in [0.1, 0.15) is 5.56 Å². The van der Waals surface area contributed by atoms with Gasteiger partial charge >= 0.3 is 0 Å². The Morgan fingerprint density at radius 2 is 1.31 bits per heavy atom. The van der Waals surface area contributed by atoms with Crippen LogP contribution in [0.5, 0.6) is 0 Å². The fourth-order valence-electron chi connectivity index (χ4n) is 0.710. The van der Waals surface area contributed by atoms with Crippen LogP contribution in [0.25, 0.3) is 0 Å². The second-order valence-electron chi connectivity index (χ2n) is 4.97. The average molecular weight is 246 g/mol. The van der Waals surface area contributed by atoms with Crippen LogP contribution in [0.2, 0.25) is 0 Å². The third-order valence-corrected chi connectivity index (χ3v) is 2.19. The first-order valence-corrected chi connectivity index (χ1v) is 6.27. The zero-order valence-electron chi connectivity index (χ0n) is 10.4. The predicted molar refractivity (Wildman–Crippen MR) is 65.0 cm³/mol. The number of hydrogen-bond acceptors (Lipinski definition) is 2. The fourth-order valence-corrected chi connectivity index (χ4v) is 1.19.